The summed E-state index contributed by atoms with van der Waals surface area (Å²) in [4.78, 5) is 1.72. The highest BCUT2D eigenvalue weighted by atomic mass is 79.9. The number of hydrogen-bond donors (Lipinski definition) is 0. The van der Waals surface area contributed by atoms with Crippen molar-refractivity contribution in [2.45, 2.75) is 32.0 Å². The lowest BCUT2D eigenvalue weighted by Gasteiger charge is -2.28. The van der Waals surface area contributed by atoms with E-state index in [1.807, 2.05) is 6.07 Å². The Labute approximate surface area is 97.4 Å². The molecule has 0 saturated carbocycles. The Hall–Kier alpha value is 0.470. The minimum atomic E-state index is 0.286. The Kier molecular flexibility index (Phi) is 3.84. The molecule has 1 unspecified atom stereocenters. The summed E-state index contributed by atoms with van der Waals surface area (Å²) in [5.74, 6) is 0. The van der Waals surface area contributed by atoms with Crippen molar-refractivity contribution in [2.24, 2.45) is 5.41 Å². The first-order valence-corrected chi connectivity index (χ1v) is 6.47. The van der Waals surface area contributed by atoms with E-state index in [9.17, 15) is 0 Å². The van der Waals surface area contributed by atoms with Crippen LogP contribution in [-0.4, -0.2) is 0 Å². The number of alkyl halides is 1. The van der Waals surface area contributed by atoms with Crippen LogP contribution in [-0.2, 0) is 0 Å². The second kappa shape index (κ2) is 4.33. The van der Waals surface area contributed by atoms with E-state index in [4.69, 9.17) is 11.6 Å². The third-order valence-electron chi connectivity index (χ3n) is 2.44. The van der Waals surface area contributed by atoms with Gasteiger partial charge in [-0.25, -0.2) is 0 Å². The molecule has 1 aromatic rings. The first-order chi connectivity index (χ1) is 5.97. The molecule has 0 amide bonds. The number of rotatable bonds is 3. The lowest BCUT2D eigenvalue weighted by atomic mass is 9.86. The van der Waals surface area contributed by atoms with Gasteiger partial charge in [0.1, 0.15) is 0 Å². The third kappa shape index (κ3) is 2.71. The Bertz CT molecular complexity index is 280. The summed E-state index contributed by atoms with van der Waals surface area (Å²) < 4.78 is 0.867. The topological polar surface area (TPSA) is 0 Å². The highest BCUT2D eigenvalue weighted by molar-refractivity contribution is 9.09. The molecule has 1 heterocycles. The highest BCUT2D eigenvalue weighted by Gasteiger charge is 2.27. The molecule has 0 nitrogen and oxygen atoms in total. The van der Waals surface area contributed by atoms with Gasteiger partial charge in [-0.15, -0.1) is 11.3 Å². The maximum absolute atomic E-state index is 5.90. The molecule has 0 aliphatic carbocycles. The molecular formula is C10H14BrClS. The lowest BCUT2D eigenvalue weighted by molar-refractivity contribution is 0.348. The van der Waals surface area contributed by atoms with E-state index in [-0.39, 0.29) is 5.41 Å². The molecular weight excluding hydrogens is 268 g/mol. The van der Waals surface area contributed by atoms with Gasteiger partial charge in [0.05, 0.1) is 9.16 Å². The molecule has 0 fully saturated rings. The van der Waals surface area contributed by atoms with Crippen molar-refractivity contribution >= 4 is 38.9 Å². The van der Waals surface area contributed by atoms with Crippen LogP contribution in [0.1, 0.15) is 36.9 Å². The van der Waals surface area contributed by atoms with Crippen LogP contribution in [0.2, 0.25) is 4.34 Å². The van der Waals surface area contributed by atoms with Gasteiger partial charge in [0.2, 0.25) is 0 Å². The van der Waals surface area contributed by atoms with E-state index >= 15 is 0 Å². The molecule has 13 heavy (non-hydrogen) atoms. The van der Waals surface area contributed by atoms with Crippen molar-refractivity contribution in [1.29, 1.82) is 0 Å². The minimum Gasteiger partial charge on any atom is -0.127 e. The average molecular weight is 282 g/mol. The van der Waals surface area contributed by atoms with Crippen LogP contribution in [0.5, 0.6) is 0 Å². The zero-order valence-corrected chi connectivity index (χ0v) is 11.3. The molecule has 1 rings (SSSR count). The minimum absolute atomic E-state index is 0.286. The Morgan fingerprint density at radius 1 is 1.54 bits per heavy atom. The standard InChI is InChI=1S/C10H14BrClS/c1-4-10(2,3)9(11)7-5-6-8(12)13-7/h5-6,9H,4H2,1-3H3. The predicted molar refractivity (Wildman–Crippen MR) is 65.1 cm³/mol. The SMILES string of the molecule is CCC(C)(C)C(Br)c1ccc(Cl)s1. The summed E-state index contributed by atoms with van der Waals surface area (Å²) in [6, 6.07) is 4.06. The van der Waals surface area contributed by atoms with Gasteiger partial charge in [-0.3, -0.25) is 0 Å². The first kappa shape index (κ1) is 11.5. The summed E-state index contributed by atoms with van der Waals surface area (Å²) >= 11 is 11.3. The summed E-state index contributed by atoms with van der Waals surface area (Å²) in [5.41, 5.74) is 0.286. The van der Waals surface area contributed by atoms with Crippen LogP contribution in [0.4, 0.5) is 0 Å². The third-order valence-corrected chi connectivity index (χ3v) is 5.77. The highest BCUT2D eigenvalue weighted by Crippen LogP contribution is 2.45. The van der Waals surface area contributed by atoms with Crippen LogP contribution in [0, 0.1) is 5.41 Å². The van der Waals surface area contributed by atoms with E-state index in [1.165, 1.54) is 4.88 Å². The van der Waals surface area contributed by atoms with E-state index in [2.05, 4.69) is 42.8 Å². The number of thiophene rings is 1. The molecule has 74 valence electrons. The van der Waals surface area contributed by atoms with Crippen LogP contribution in [0.3, 0.4) is 0 Å². The molecule has 0 aliphatic heterocycles. The van der Waals surface area contributed by atoms with Crippen molar-refractivity contribution in [3.8, 4) is 0 Å². The van der Waals surface area contributed by atoms with Gasteiger partial charge in [-0.05, 0) is 24.0 Å². The van der Waals surface area contributed by atoms with Gasteiger partial charge < -0.3 is 0 Å². The predicted octanol–water partition coefficient (Wildman–Crippen LogP) is 5.27. The van der Waals surface area contributed by atoms with Gasteiger partial charge in [0.15, 0.2) is 0 Å². The van der Waals surface area contributed by atoms with Crippen molar-refractivity contribution in [3.05, 3.63) is 21.3 Å². The smallest absolute Gasteiger partial charge is 0.0931 e. The quantitative estimate of drug-likeness (QED) is 0.662. The normalized spacial score (nSPS) is 14.5. The molecule has 0 spiro atoms. The Morgan fingerprint density at radius 3 is 2.54 bits per heavy atom. The molecule has 1 atom stereocenters. The Balaban J connectivity index is 2.84. The van der Waals surface area contributed by atoms with Crippen molar-refractivity contribution in [1.82, 2.24) is 0 Å². The van der Waals surface area contributed by atoms with Gasteiger partial charge in [-0.1, -0.05) is 48.3 Å². The van der Waals surface area contributed by atoms with Crippen molar-refractivity contribution < 1.29 is 0 Å². The summed E-state index contributed by atoms with van der Waals surface area (Å²) in [6.45, 7) is 6.74. The molecule has 0 saturated heterocycles. The van der Waals surface area contributed by atoms with Crippen LogP contribution < -0.4 is 0 Å². The molecule has 0 N–H and O–H groups in total. The second-order valence-corrected chi connectivity index (χ2v) is 6.51. The first-order valence-electron chi connectivity index (χ1n) is 4.36. The van der Waals surface area contributed by atoms with Crippen LogP contribution in [0.25, 0.3) is 0 Å². The van der Waals surface area contributed by atoms with E-state index in [0.29, 0.717) is 4.83 Å². The van der Waals surface area contributed by atoms with Crippen LogP contribution in [0.15, 0.2) is 12.1 Å². The molecule has 1 aromatic heterocycles. The molecule has 0 bridgehead atoms. The van der Waals surface area contributed by atoms with Gasteiger partial charge in [-0.2, -0.15) is 0 Å². The fourth-order valence-corrected chi connectivity index (χ4v) is 3.04. The summed E-state index contributed by atoms with van der Waals surface area (Å²) in [5, 5.41) is 0. The fraction of sp³-hybridized carbons (Fsp3) is 0.600. The maximum Gasteiger partial charge on any atom is 0.0931 e. The zero-order chi connectivity index (χ0) is 10.1. The number of halogens is 2. The van der Waals surface area contributed by atoms with E-state index in [1.54, 1.807) is 11.3 Å². The van der Waals surface area contributed by atoms with Crippen molar-refractivity contribution in [2.75, 3.05) is 0 Å². The van der Waals surface area contributed by atoms with E-state index in [0.717, 1.165) is 10.8 Å². The summed E-state index contributed by atoms with van der Waals surface area (Å²) in [6.07, 6.45) is 1.15. The van der Waals surface area contributed by atoms with Gasteiger partial charge in [0.25, 0.3) is 0 Å². The summed E-state index contributed by atoms with van der Waals surface area (Å²) in [7, 11) is 0. The monoisotopic (exact) mass is 280 g/mol. The maximum atomic E-state index is 5.90. The molecule has 0 radical (unpaired) electrons. The molecule has 0 aromatic carbocycles. The van der Waals surface area contributed by atoms with Gasteiger partial charge in [0, 0.05) is 4.88 Å². The largest absolute Gasteiger partial charge is 0.127 e. The zero-order valence-electron chi connectivity index (χ0n) is 8.10. The second-order valence-electron chi connectivity index (χ2n) is 3.85. The number of hydrogen-bond acceptors (Lipinski definition) is 1. The lowest BCUT2D eigenvalue weighted by Crippen LogP contribution is -2.15. The fourth-order valence-electron chi connectivity index (χ4n) is 1.03. The van der Waals surface area contributed by atoms with Crippen molar-refractivity contribution in [3.63, 3.8) is 0 Å². The average Bonchev–Trinajstić information content (AvgIpc) is 2.50. The Morgan fingerprint density at radius 2 is 2.15 bits per heavy atom. The van der Waals surface area contributed by atoms with E-state index < -0.39 is 0 Å². The van der Waals surface area contributed by atoms with Gasteiger partial charge >= 0.3 is 0 Å². The van der Waals surface area contributed by atoms with Crippen LogP contribution >= 0.6 is 38.9 Å². The molecule has 0 aliphatic rings. The molecule has 3 heteroatoms.